The van der Waals surface area contributed by atoms with Crippen molar-refractivity contribution >= 4 is 27.6 Å². The van der Waals surface area contributed by atoms with Crippen LogP contribution in [-0.4, -0.2) is 35.1 Å². The Hall–Kier alpha value is -4.92. The van der Waals surface area contributed by atoms with Crippen LogP contribution in [0.1, 0.15) is 26.3 Å². The third-order valence-electron chi connectivity index (χ3n) is 6.65. The number of hydrogen-bond acceptors (Lipinski definition) is 6. The number of benzene rings is 1. The van der Waals surface area contributed by atoms with Crippen LogP contribution in [0.4, 0.5) is 10.1 Å². The molecule has 0 aliphatic rings. The molecule has 0 saturated heterocycles. The Kier molecular flexibility index (Phi) is 5.71. The molecule has 39 heavy (non-hydrogen) atoms. The van der Waals surface area contributed by atoms with Crippen molar-refractivity contribution in [3.05, 3.63) is 85.0 Å². The van der Waals surface area contributed by atoms with Gasteiger partial charge in [-0.05, 0) is 42.3 Å². The first-order valence-electron chi connectivity index (χ1n) is 12.5. The molecule has 5 aromatic heterocycles. The third kappa shape index (κ3) is 4.63. The number of nitrogens with zero attached hydrogens (tertiary/aromatic N) is 5. The number of aromatic amines is 2. The van der Waals surface area contributed by atoms with Crippen molar-refractivity contribution in [2.24, 2.45) is 5.41 Å². The molecule has 8 nitrogen and oxygen atoms in total. The van der Waals surface area contributed by atoms with Crippen molar-refractivity contribution in [3.8, 4) is 33.9 Å². The molecule has 0 amide bonds. The van der Waals surface area contributed by atoms with Gasteiger partial charge in [-0.1, -0.05) is 33.4 Å². The first-order chi connectivity index (χ1) is 18.7. The summed E-state index contributed by atoms with van der Waals surface area (Å²) in [5.74, 6) is 0.276. The molecule has 194 valence electrons. The highest BCUT2D eigenvalue weighted by atomic mass is 19.1. The van der Waals surface area contributed by atoms with Crippen LogP contribution in [0.3, 0.4) is 0 Å². The molecular weight excluding hydrogens is 491 g/mol. The monoisotopic (exact) mass is 518 g/mol. The van der Waals surface area contributed by atoms with Gasteiger partial charge in [0.1, 0.15) is 11.5 Å². The molecule has 3 N–H and O–H groups in total. The molecule has 0 unspecified atom stereocenters. The summed E-state index contributed by atoms with van der Waals surface area (Å²) in [6.07, 6.45) is 8.70. The quantitative estimate of drug-likeness (QED) is 0.226. The summed E-state index contributed by atoms with van der Waals surface area (Å²) in [7, 11) is 0. The Morgan fingerprint density at radius 2 is 1.74 bits per heavy atom. The van der Waals surface area contributed by atoms with Gasteiger partial charge in [-0.3, -0.25) is 20.1 Å². The highest BCUT2D eigenvalue weighted by Gasteiger charge is 2.18. The number of rotatable bonds is 5. The summed E-state index contributed by atoms with van der Waals surface area (Å²) in [5.41, 5.74) is 8.39. The van der Waals surface area contributed by atoms with Gasteiger partial charge in [0.15, 0.2) is 5.82 Å². The number of aryl methyl sites for hydroxylation is 1. The van der Waals surface area contributed by atoms with E-state index in [0.717, 1.165) is 55.8 Å². The van der Waals surface area contributed by atoms with E-state index in [9.17, 15) is 4.39 Å². The highest BCUT2D eigenvalue weighted by Crippen LogP contribution is 2.33. The fourth-order valence-electron chi connectivity index (χ4n) is 4.41. The maximum Gasteiger partial charge on any atom is 0.159 e. The maximum atomic E-state index is 14.2. The van der Waals surface area contributed by atoms with E-state index in [1.54, 1.807) is 31.0 Å². The minimum Gasteiger partial charge on any atom is -0.358 e. The molecule has 0 bridgehead atoms. The van der Waals surface area contributed by atoms with Gasteiger partial charge in [0.2, 0.25) is 0 Å². The summed E-state index contributed by atoms with van der Waals surface area (Å²) in [6.45, 7) is 12.3. The molecule has 5 heterocycles. The average Bonchev–Trinajstić information content (AvgIpc) is 3.51. The van der Waals surface area contributed by atoms with Crippen LogP contribution in [0.15, 0.2) is 73.6 Å². The summed E-state index contributed by atoms with van der Waals surface area (Å²) >= 11 is 0. The van der Waals surface area contributed by atoms with E-state index in [-0.39, 0.29) is 11.2 Å². The number of H-pyrrole nitrogens is 2. The number of halogens is 1. The van der Waals surface area contributed by atoms with Gasteiger partial charge >= 0.3 is 0 Å². The lowest BCUT2D eigenvalue weighted by Gasteiger charge is -2.23. The Bertz CT molecular complexity index is 1860. The normalized spacial score (nSPS) is 11.8. The number of aromatic nitrogens is 7. The zero-order chi connectivity index (χ0) is 27.3. The molecule has 0 atom stereocenters. The van der Waals surface area contributed by atoms with Gasteiger partial charge in [0.05, 0.1) is 46.5 Å². The van der Waals surface area contributed by atoms with Crippen LogP contribution < -0.4 is 5.32 Å². The second kappa shape index (κ2) is 9.13. The van der Waals surface area contributed by atoms with E-state index in [0.29, 0.717) is 17.0 Å². The molecule has 0 radical (unpaired) electrons. The van der Waals surface area contributed by atoms with Crippen molar-refractivity contribution in [1.82, 2.24) is 35.1 Å². The van der Waals surface area contributed by atoms with Gasteiger partial charge in [0, 0.05) is 40.0 Å². The van der Waals surface area contributed by atoms with E-state index in [1.807, 2.05) is 25.1 Å². The smallest absolute Gasteiger partial charge is 0.159 e. The first-order valence-corrected chi connectivity index (χ1v) is 12.5. The standard InChI is InChI=1S/C30H27FN8/c1-16-6-18(8-20(31)7-16)23-13-33-14-26-27(23)37-29(36-26)28-22-10-24(34-15-25(22)38-39-28)19-9-21(12-32-11-19)35-17(2)30(3,4)5/h6-15,35H,2H2,1,3-5H3,(H,36,37)(H,38,39). The average molecular weight is 519 g/mol. The van der Waals surface area contributed by atoms with E-state index in [4.69, 9.17) is 4.98 Å². The predicted octanol–water partition coefficient (Wildman–Crippen LogP) is 7.04. The Balaban J connectivity index is 1.41. The molecule has 0 aliphatic heterocycles. The molecule has 6 rings (SSSR count). The summed E-state index contributed by atoms with van der Waals surface area (Å²) in [5, 5.41) is 11.8. The maximum absolute atomic E-state index is 14.2. The van der Waals surface area contributed by atoms with Gasteiger partial charge in [-0.2, -0.15) is 5.10 Å². The third-order valence-corrected chi connectivity index (χ3v) is 6.65. The zero-order valence-electron chi connectivity index (χ0n) is 22.1. The lowest BCUT2D eigenvalue weighted by atomic mass is 9.93. The Morgan fingerprint density at radius 3 is 2.54 bits per heavy atom. The minimum atomic E-state index is -0.299. The first kappa shape index (κ1) is 24.4. The fourth-order valence-corrected chi connectivity index (χ4v) is 4.41. The molecular formula is C30H27FN8. The van der Waals surface area contributed by atoms with Gasteiger partial charge in [-0.15, -0.1) is 0 Å². The summed E-state index contributed by atoms with van der Waals surface area (Å²) in [6, 6.07) is 8.88. The van der Waals surface area contributed by atoms with Crippen molar-refractivity contribution < 1.29 is 4.39 Å². The molecule has 1 aromatic carbocycles. The van der Waals surface area contributed by atoms with E-state index in [1.165, 1.54) is 12.1 Å². The number of hydrogen-bond donors (Lipinski definition) is 3. The van der Waals surface area contributed by atoms with Gasteiger partial charge in [-0.25, -0.2) is 9.37 Å². The van der Waals surface area contributed by atoms with E-state index in [2.05, 4.69) is 62.8 Å². The van der Waals surface area contributed by atoms with Crippen molar-refractivity contribution in [3.63, 3.8) is 0 Å². The Labute approximate surface area is 224 Å². The van der Waals surface area contributed by atoms with E-state index >= 15 is 0 Å². The molecule has 6 aromatic rings. The predicted molar refractivity (Wildman–Crippen MR) is 152 cm³/mol. The van der Waals surface area contributed by atoms with Crippen LogP contribution in [0, 0.1) is 18.2 Å². The number of anilines is 1. The van der Waals surface area contributed by atoms with Crippen LogP contribution in [0.2, 0.25) is 0 Å². The van der Waals surface area contributed by atoms with Gasteiger partial charge < -0.3 is 10.3 Å². The van der Waals surface area contributed by atoms with Crippen LogP contribution in [0.25, 0.3) is 55.8 Å². The molecule has 0 saturated carbocycles. The topological polar surface area (TPSA) is 108 Å². The number of imidazole rings is 1. The van der Waals surface area contributed by atoms with Crippen molar-refractivity contribution in [2.45, 2.75) is 27.7 Å². The number of nitrogens with one attached hydrogen (secondary N) is 3. The number of fused-ring (bicyclic) bond motifs is 2. The lowest BCUT2D eigenvalue weighted by Crippen LogP contribution is -2.15. The van der Waals surface area contributed by atoms with Crippen LogP contribution in [0.5, 0.6) is 0 Å². The fraction of sp³-hybridized carbons (Fsp3) is 0.167. The SMILES string of the molecule is C=C(Nc1cncc(-c2cc3c(-c4nc5c(-c6cc(C)cc(F)c6)cncc5[nH]4)n[nH]c3cn2)c1)C(C)(C)C. The summed E-state index contributed by atoms with van der Waals surface area (Å²) < 4.78 is 14.2. The lowest BCUT2D eigenvalue weighted by molar-refractivity contribution is 0.509. The molecule has 0 spiro atoms. The molecule has 0 fully saturated rings. The zero-order valence-corrected chi connectivity index (χ0v) is 22.1. The van der Waals surface area contributed by atoms with Crippen molar-refractivity contribution in [1.29, 1.82) is 0 Å². The summed E-state index contributed by atoms with van der Waals surface area (Å²) in [4.78, 5) is 21.6. The van der Waals surface area contributed by atoms with Crippen LogP contribution >= 0.6 is 0 Å². The van der Waals surface area contributed by atoms with Crippen LogP contribution in [-0.2, 0) is 0 Å². The second-order valence-corrected chi connectivity index (χ2v) is 10.7. The van der Waals surface area contributed by atoms with Crippen molar-refractivity contribution in [2.75, 3.05) is 5.32 Å². The molecule has 9 heteroatoms. The number of allylic oxidation sites excluding steroid dienone is 1. The van der Waals surface area contributed by atoms with Gasteiger partial charge in [0.25, 0.3) is 0 Å². The van der Waals surface area contributed by atoms with E-state index < -0.39 is 0 Å². The largest absolute Gasteiger partial charge is 0.358 e. The molecule has 0 aliphatic carbocycles. The Morgan fingerprint density at radius 1 is 0.923 bits per heavy atom. The number of pyridine rings is 3. The second-order valence-electron chi connectivity index (χ2n) is 10.7. The minimum absolute atomic E-state index is 0.0890. The highest BCUT2D eigenvalue weighted by molar-refractivity contribution is 5.97.